The molecule has 2 aromatic rings. The average molecular weight is 413 g/mol. The van der Waals surface area contributed by atoms with Gasteiger partial charge in [-0.1, -0.05) is 0 Å². The van der Waals surface area contributed by atoms with Crippen molar-refractivity contribution in [2.45, 2.75) is 18.9 Å². The lowest BCUT2D eigenvalue weighted by atomic mass is 10.1. The Morgan fingerprint density at radius 3 is 2.40 bits per heavy atom. The molecule has 8 heteroatoms. The van der Waals surface area contributed by atoms with Crippen molar-refractivity contribution in [3.63, 3.8) is 0 Å². The molecular formula is C22H24FN3O4. The molecule has 0 bridgehead atoms. The number of rotatable bonds is 7. The van der Waals surface area contributed by atoms with Crippen LogP contribution < -0.4 is 10.6 Å². The van der Waals surface area contributed by atoms with Crippen LogP contribution in [0.5, 0.6) is 0 Å². The number of hydrogen-bond acceptors (Lipinski definition) is 4. The Labute approximate surface area is 174 Å². The number of ether oxygens (including phenoxy) is 1. The normalized spacial score (nSPS) is 15.7. The summed E-state index contributed by atoms with van der Waals surface area (Å²) in [6.07, 6.45) is 1.39. The first-order valence-corrected chi connectivity index (χ1v) is 9.74. The highest BCUT2D eigenvalue weighted by Crippen LogP contribution is 2.21. The fraction of sp³-hybridized carbons (Fsp3) is 0.318. The summed E-state index contributed by atoms with van der Waals surface area (Å²) in [5.74, 6) is -1.19. The maximum atomic E-state index is 13.0. The highest BCUT2D eigenvalue weighted by atomic mass is 19.1. The molecule has 0 aromatic heterocycles. The van der Waals surface area contributed by atoms with Gasteiger partial charge in [0, 0.05) is 37.0 Å². The molecule has 1 atom stereocenters. The van der Waals surface area contributed by atoms with Crippen molar-refractivity contribution < 1.29 is 23.5 Å². The number of likely N-dealkylation sites (tertiary alicyclic amines) is 1. The lowest BCUT2D eigenvalue weighted by Gasteiger charge is -2.24. The summed E-state index contributed by atoms with van der Waals surface area (Å²) in [7, 11) is 1.56. The number of anilines is 1. The van der Waals surface area contributed by atoms with Gasteiger partial charge in [-0.15, -0.1) is 0 Å². The predicted octanol–water partition coefficient (Wildman–Crippen LogP) is 2.45. The van der Waals surface area contributed by atoms with E-state index in [-0.39, 0.29) is 17.7 Å². The smallest absolute Gasteiger partial charge is 0.255 e. The molecule has 1 heterocycles. The van der Waals surface area contributed by atoms with Gasteiger partial charge in [0.05, 0.1) is 6.61 Å². The first kappa shape index (κ1) is 21.4. The summed E-state index contributed by atoms with van der Waals surface area (Å²) >= 11 is 0. The van der Waals surface area contributed by atoms with Crippen LogP contribution in [-0.2, 0) is 9.53 Å². The molecule has 0 spiro atoms. The molecule has 3 rings (SSSR count). The molecule has 0 unspecified atom stereocenters. The molecule has 0 radical (unpaired) electrons. The van der Waals surface area contributed by atoms with Gasteiger partial charge in [-0.3, -0.25) is 14.4 Å². The van der Waals surface area contributed by atoms with Gasteiger partial charge in [-0.2, -0.15) is 0 Å². The lowest BCUT2D eigenvalue weighted by Crippen LogP contribution is -2.46. The lowest BCUT2D eigenvalue weighted by molar-refractivity contribution is -0.125. The standard InChI is InChI=1S/C22H24FN3O4/c1-30-14-12-24-21(28)19-3-2-13-26(19)22(29)16-6-10-18(11-7-16)25-20(27)15-4-8-17(23)9-5-15/h4-11,19H,2-3,12-14H2,1H3,(H,24,28)(H,25,27)/t19-/m1/s1. The molecular weight excluding hydrogens is 389 g/mol. The number of benzene rings is 2. The fourth-order valence-electron chi connectivity index (χ4n) is 3.34. The first-order chi connectivity index (χ1) is 14.5. The molecule has 1 fully saturated rings. The monoisotopic (exact) mass is 413 g/mol. The Bertz CT molecular complexity index is 900. The number of carbonyl (C=O) groups excluding carboxylic acids is 3. The molecule has 2 aromatic carbocycles. The Morgan fingerprint density at radius 1 is 1.07 bits per heavy atom. The molecule has 1 aliphatic heterocycles. The number of halogens is 1. The van der Waals surface area contributed by atoms with E-state index < -0.39 is 11.9 Å². The first-order valence-electron chi connectivity index (χ1n) is 9.74. The Hall–Kier alpha value is -3.26. The van der Waals surface area contributed by atoms with Crippen molar-refractivity contribution in [2.75, 3.05) is 32.1 Å². The van der Waals surface area contributed by atoms with E-state index in [0.29, 0.717) is 42.9 Å². The van der Waals surface area contributed by atoms with Crippen LogP contribution in [-0.4, -0.2) is 55.5 Å². The summed E-state index contributed by atoms with van der Waals surface area (Å²) in [5, 5.41) is 5.49. The molecule has 7 nitrogen and oxygen atoms in total. The minimum absolute atomic E-state index is 0.180. The molecule has 0 aliphatic carbocycles. The van der Waals surface area contributed by atoms with E-state index in [9.17, 15) is 18.8 Å². The quantitative estimate of drug-likeness (QED) is 0.683. The number of nitrogens with zero attached hydrogens (tertiary/aromatic N) is 1. The second-order valence-corrected chi connectivity index (χ2v) is 6.98. The van der Waals surface area contributed by atoms with Crippen molar-refractivity contribution >= 4 is 23.4 Å². The summed E-state index contributed by atoms with van der Waals surface area (Å²) in [5.41, 5.74) is 1.28. The second-order valence-electron chi connectivity index (χ2n) is 6.98. The number of carbonyl (C=O) groups is 3. The van der Waals surface area contributed by atoms with Crippen LogP contribution >= 0.6 is 0 Å². The number of methoxy groups -OCH3 is 1. The number of nitrogens with one attached hydrogen (secondary N) is 2. The van der Waals surface area contributed by atoms with Crippen LogP contribution in [0.2, 0.25) is 0 Å². The van der Waals surface area contributed by atoms with E-state index >= 15 is 0 Å². The minimum Gasteiger partial charge on any atom is -0.383 e. The zero-order chi connectivity index (χ0) is 21.5. The molecule has 30 heavy (non-hydrogen) atoms. The van der Waals surface area contributed by atoms with E-state index in [2.05, 4.69) is 10.6 Å². The largest absolute Gasteiger partial charge is 0.383 e. The zero-order valence-corrected chi connectivity index (χ0v) is 16.7. The van der Waals surface area contributed by atoms with Crippen molar-refractivity contribution in [1.29, 1.82) is 0 Å². The predicted molar refractivity (Wildman–Crippen MR) is 110 cm³/mol. The molecule has 1 saturated heterocycles. The van der Waals surface area contributed by atoms with Crippen molar-refractivity contribution in [1.82, 2.24) is 10.2 Å². The second kappa shape index (κ2) is 9.98. The number of amides is 3. The molecule has 0 saturated carbocycles. The van der Waals surface area contributed by atoms with E-state index in [4.69, 9.17) is 4.74 Å². The third-order valence-corrected chi connectivity index (χ3v) is 4.92. The third kappa shape index (κ3) is 5.21. The van der Waals surface area contributed by atoms with Crippen LogP contribution in [0.4, 0.5) is 10.1 Å². The van der Waals surface area contributed by atoms with Crippen molar-refractivity contribution in [3.05, 3.63) is 65.5 Å². The topological polar surface area (TPSA) is 87.7 Å². The summed E-state index contributed by atoms with van der Waals surface area (Å²) in [4.78, 5) is 39.0. The molecule has 2 N–H and O–H groups in total. The average Bonchev–Trinajstić information content (AvgIpc) is 3.24. The van der Waals surface area contributed by atoms with E-state index in [1.807, 2.05) is 0 Å². The molecule has 1 aliphatic rings. The SMILES string of the molecule is COCCNC(=O)[C@H]1CCCN1C(=O)c1ccc(NC(=O)c2ccc(F)cc2)cc1. The van der Waals surface area contributed by atoms with Gasteiger partial charge < -0.3 is 20.3 Å². The Balaban J connectivity index is 1.62. The van der Waals surface area contributed by atoms with Crippen molar-refractivity contribution in [2.24, 2.45) is 0 Å². The van der Waals surface area contributed by atoms with Gasteiger partial charge in [-0.05, 0) is 61.4 Å². The molecule has 158 valence electrons. The summed E-state index contributed by atoms with van der Waals surface area (Å²) in [6, 6.07) is 11.2. The third-order valence-electron chi connectivity index (χ3n) is 4.92. The van der Waals surface area contributed by atoms with Crippen LogP contribution in [0.25, 0.3) is 0 Å². The van der Waals surface area contributed by atoms with E-state index in [0.717, 1.165) is 6.42 Å². The van der Waals surface area contributed by atoms with Gasteiger partial charge in [0.1, 0.15) is 11.9 Å². The van der Waals surface area contributed by atoms with Gasteiger partial charge in [0.25, 0.3) is 11.8 Å². The Kier molecular flexibility index (Phi) is 7.13. The highest BCUT2D eigenvalue weighted by Gasteiger charge is 2.34. The van der Waals surface area contributed by atoms with Crippen LogP contribution in [0.3, 0.4) is 0 Å². The van der Waals surface area contributed by atoms with Crippen LogP contribution in [0.15, 0.2) is 48.5 Å². The Morgan fingerprint density at radius 2 is 1.73 bits per heavy atom. The van der Waals surface area contributed by atoms with Gasteiger partial charge in [-0.25, -0.2) is 4.39 Å². The molecule has 3 amide bonds. The maximum Gasteiger partial charge on any atom is 0.255 e. The zero-order valence-electron chi connectivity index (χ0n) is 16.7. The van der Waals surface area contributed by atoms with E-state index in [1.54, 1.807) is 36.3 Å². The van der Waals surface area contributed by atoms with Crippen LogP contribution in [0, 0.1) is 5.82 Å². The highest BCUT2D eigenvalue weighted by molar-refractivity contribution is 6.04. The number of hydrogen-bond donors (Lipinski definition) is 2. The minimum atomic E-state index is -0.493. The van der Waals surface area contributed by atoms with Crippen molar-refractivity contribution in [3.8, 4) is 0 Å². The summed E-state index contributed by atoms with van der Waals surface area (Å²) in [6.45, 7) is 1.33. The maximum absolute atomic E-state index is 13.0. The van der Waals surface area contributed by atoms with Crippen LogP contribution in [0.1, 0.15) is 33.6 Å². The van der Waals surface area contributed by atoms with Gasteiger partial charge in [0.15, 0.2) is 0 Å². The summed E-state index contributed by atoms with van der Waals surface area (Å²) < 4.78 is 17.9. The van der Waals surface area contributed by atoms with E-state index in [1.165, 1.54) is 24.3 Å². The fourth-order valence-corrected chi connectivity index (χ4v) is 3.34. The van der Waals surface area contributed by atoms with Gasteiger partial charge in [0.2, 0.25) is 5.91 Å². The van der Waals surface area contributed by atoms with Gasteiger partial charge >= 0.3 is 0 Å².